The lowest BCUT2D eigenvalue weighted by Crippen LogP contribution is -2.46. The van der Waals surface area contributed by atoms with Crippen LogP contribution in [-0.2, 0) is 11.2 Å². The predicted molar refractivity (Wildman–Crippen MR) is 110 cm³/mol. The van der Waals surface area contributed by atoms with Gasteiger partial charge in [0.25, 0.3) is 0 Å². The largest absolute Gasteiger partial charge is 0.398 e. The van der Waals surface area contributed by atoms with Gasteiger partial charge in [-0.05, 0) is 42.4 Å². The molecule has 3 N–H and O–H groups in total. The molecule has 28 heavy (non-hydrogen) atoms. The highest BCUT2D eigenvalue weighted by Gasteiger charge is 2.37. The summed E-state index contributed by atoms with van der Waals surface area (Å²) in [5, 5.41) is 8.68. The molecule has 1 aromatic heterocycles. The zero-order valence-electron chi connectivity index (χ0n) is 16.2. The van der Waals surface area contributed by atoms with Crippen molar-refractivity contribution in [1.29, 1.82) is 5.41 Å². The van der Waals surface area contributed by atoms with E-state index in [-0.39, 0.29) is 0 Å². The Kier molecular flexibility index (Phi) is 4.75. The number of carbonyl (C=O) groups is 1. The van der Waals surface area contributed by atoms with Crippen LogP contribution in [0.1, 0.15) is 36.6 Å². The molecule has 7 nitrogen and oxygen atoms in total. The fourth-order valence-corrected chi connectivity index (χ4v) is 3.66. The normalized spacial score (nSPS) is 18.0. The van der Waals surface area contributed by atoms with Crippen molar-refractivity contribution in [3.63, 3.8) is 0 Å². The van der Waals surface area contributed by atoms with Crippen LogP contribution in [0.3, 0.4) is 0 Å². The van der Waals surface area contributed by atoms with Gasteiger partial charge < -0.3 is 15.5 Å². The Morgan fingerprint density at radius 3 is 2.64 bits per heavy atom. The molecule has 146 valence electrons. The first-order valence-electron chi connectivity index (χ1n) is 9.71. The molecule has 0 unspecified atom stereocenters. The number of nitrogens with zero attached hydrogens (tertiary/aromatic N) is 4. The van der Waals surface area contributed by atoms with Crippen molar-refractivity contribution in [2.24, 2.45) is 5.41 Å². The highest BCUT2D eigenvalue weighted by atomic mass is 16.1. The molecule has 2 aliphatic rings. The van der Waals surface area contributed by atoms with Gasteiger partial charge in [0.05, 0.1) is 11.4 Å². The zero-order valence-corrected chi connectivity index (χ0v) is 16.2. The number of benzene rings is 1. The van der Waals surface area contributed by atoms with Gasteiger partial charge in [0, 0.05) is 43.5 Å². The zero-order chi connectivity index (χ0) is 19.7. The van der Waals surface area contributed by atoms with Crippen LogP contribution in [0.2, 0.25) is 0 Å². The molecule has 7 heteroatoms. The van der Waals surface area contributed by atoms with Crippen molar-refractivity contribution in [2.75, 3.05) is 36.8 Å². The number of nitrogens with one attached hydrogen (secondary N) is 1. The monoisotopic (exact) mass is 378 g/mol. The predicted octanol–water partition coefficient (Wildman–Crippen LogP) is 2.10. The Balaban J connectivity index is 1.55. The van der Waals surface area contributed by atoms with E-state index in [1.54, 1.807) is 4.90 Å². The number of anilines is 2. The molecular weight excluding hydrogens is 352 g/mol. The summed E-state index contributed by atoms with van der Waals surface area (Å²) in [5.41, 5.74) is 9.99. The third kappa shape index (κ3) is 3.83. The average Bonchev–Trinajstić information content (AvgIpc) is 3.45. The van der Waals surface area contributed by atoms with Crippen LogP contribution in [0.15, 0.2) is 30.6 Å². The number of nitrogens with two attached hydrogens (primary N) is 1. The molecular formula is C21H26N6O. The van der Waals surface area contributed by atoms with E-state index < -0.39 is 0 Å². The first kappa shape index (κ1) is 18.4. The minimum atomic E-state index is 0.315. The number of carbonyl (C=O) groups excluding carboxylic acids is 1. The van der Waals surface area contributed by atoms with E-state index in [9.17, 15) is 4.79 Å². The summed E-state index contributed by atoms with van der Waals surface area (Å²) in [5.74, 6) is 0.778. The van der Waals surface area contributed by atoms with E-state index in [4.69, 9.17) is 11.1 Å². The van der Waals surface area contributed by atoms with Gasteiger partial charge in [-0.2, -0.15) is 0 Å². The Hall–Kier alpha value is -2.96. The maximum absolute atomic E-state index is 10.9. The fraction of sp³-hybridized carbons (Fsp3) is 0.429. The van der Waals surface area contributed by atoms with Crippen molar-refractivity contribution >= 4 is 23.6 Å². The lowest BCUT2D eigenvalue weighted by atomic mass is 9.95. The second-order valence-corrected chi connectivity index (χ2v) is 8.17. The maximum atomic E-state index is 10.9. The van der Waals surface area contributed by atoms with Gasteiger partial charge >= 0.3 is 0 Å². The first-order valence-corrected chi connectivity index (χ1v) is 9.71. The quantitative estimate of drug-likeness (QED) is 0.456. The number of rotatable bonds is 6. The summed E-state index contributed by atoms with van der Waals surface area (Å²) in [6, 6.07) is 7.83. The molecule has 2 fully saturated rings. The lowest BCUT2D eigenvalue weighted by molar-refractivity contribution is -0.118. The van der Waals surface area contributed by atoms with E-state index in [1.165, 1.54) is 24.7 Å². The van der Waals surface area contributed by atoms with Crippen LogP contribution < -0.4 is 10.6 Å². The van der Waals surface area contributed by atoms with Crippen LogP contribution >= 0.6 is 0 Å². The van der Waals surface area contributed by atoms with Crippen molar-refractivity contribution in [1.82, 2.24) is 14.9 Å². The van der Waals surface area contributed by atoms with Crippen molar-refractivity contribution in [3.8, 4) is 0 Å². The number of nitrogen functional groups attached to an aromatic ring is 1. The van der Waals surface area contributed by atoms with E-state index in [1.807, 2.05) is 18.2 Å². The lowest BCUT2D eigenvalue weighted by Gasteiger charge is -2.33. The molecule has 2 aromatic rings. The molecule has 2 heterocycles. The Bertz CT molecular complexity index is 900. The highest BCUT2D eigenvalue weighted by molar-refractivity contribution is 6.13. The van der Waals surface area contributed by atoms with E-state index in [0.717, 1.165) is 37.3 Å². The molecule has 0 atom stereocenters. The van der Waals surface area contributed by atoms with Gasteiger partial charge in [0.2, 0.25) is 6.41 Å². The van der Waals surface area contributed by atoms with Gasteiger partial charge in [-0.15, -0.1) is 0 Å². The summed E-state index contributed by atoms with van der Waals surface area (Å²) in [6.07, 6.45) is 5.92. The third-order valence-electron chi connectivity index (χ3n) is 5.82. The van der Waals surface area contributed by atoms with Gasteiger partial charge in [0.1, 0.15) is 12.1 Å². The number of hydrogen-bond acceptors (Lipinski definition) is 6. The molecule has 0 radical (unpaired) electrons. The topological polar surface area (TPSA) is 99.2 Å². The standard InChI is InChI=1S/C21H26N6O/c1-21(4-5-21)12-15-2-3-17(22)16(10-15)20(23)18-11-19(25-13-24-18)27-8-6-26(14-28)7-9-27/h2-3,10-11,13-14,23H,4-9,12,22H2,1H3. The second kappa shape index (κ2) is 7.22. The van der Waals surface area contributed by atoms with Gasteiger partial charge in [-0.3, -0.25) is 10.2 Å². The van der Waals surface area contributed by atoms with E-state index >= 15 is 0 Å². The minimum Gasteiger partial charge on any atom is -0.398 e. The number of hydrogen-bond donors (Lipinski definition) is 2. The summed E-state index contributed by atoms with van der Waals surface area (Å²) in [6.45, 7) is 5.09. The smallest absolute Gasteiger partial charge is 0.209 e. The Morgan fingerprint density at radius 1 is 1.21 bits per heavy atom. The van der Waals surface area contributed by atoms with Crippen molar-refractivity contribution in [2.45, 2.75) is 26.2 Å². The summed E-state index contributed by atoms with van der Waals surface area (Å²) in [4.78, 5) is 23.5. The first-order chi connectivity index (χ1) is 13.5. The van der Waals surface area contributed by atoms with Crippen LogP contribution in [-0.4, -0.2) is 53.2 Å². The molecule has 1 aliphatic heterocycles. The molecule has 0 spiro atoms. The summed E-state index contributed by atoms with van der Waals surface area (Å²) >= 11 is 0. The van der Waals surface area contributed by atoms with E-state index in [2.05, 4.69) is 27.9 Å². The SMILES string of the molecule is CC1(Cc2ccc(N)c(C(=N)c3cc(N4CCN(C=O)CC4)ncn3)c2)CC1. The van der Waals surface area contributed by atoms with Crippen LogP contribution in [0, 0.1) is 10.8 Å². The second-order valence-electron chi connectivity index (χ2n) is 8.17. The highest BCUT2D eigenvalue weighted by Crippen LogP contribution is 2.47. The fourth-order valence-electron chi connectivity index (χ4n) is 3.66. The molecule has 1 aromatic carbocycles. The number of piperazine rings is 1. The number of aromatic nitrogens is 2. The average molecular weight is 378 g/mol. The van der Waals surface area contributed by atoms with Gasteiger partial charge in [-0.25, -0.2) is 9.97 Å². The van der Waals surface area contributed by atoms with Gasteiger partial charge in [-0.1, -0.05) is 13.0 Å². The van der Waals surface area contributed by atoms with E-state index in [0.29, 0.717) is 35.6 Å². The van der Waals surface area contributed by atoms with Crippen LogP contribution in [0.5, 0.6) is 0 Å². The van der Waals surface area contributed by atoms with Crippen molar-refractivity contribution in [3.05, 3.63) is 47.4 Å². The summed E-state index contributed by atoms with van der Waals surface area (Å²) in [7, 11) is 0. The maximum Gasteiger partial charge on any atom is 0.209 e. The Labute approximate surface area is 165 Å². The Morgan fingerprint density at radius 2 is 1.96 bits per heavy atom. The molecule has 4 rings (SSSR count). The molecule has 1 saturated heterocycles. The molecule has 1 aliphatic carbocycles. The summed E-state index contributed by atoms with van der Waals surface area (Å²) < 4.78 is 0. The third-order valence-corrected chi connectivity index (χ3v) is 5.82. The van der Waals surface area contributed by atoms with Crippen molar-refractivity contribution < 1.29 is 4.79 Å². The van der Waals surface area contributed by atoms with Gasteiger partial charge in [0.15, 0.2) is 0 Å². The molecule has 1 saturated carbocycles. The molecule has 1 amide bonds. The van der Waals surface area contributed by atoms with Crippen LogP contribution in [0.4, 0.5) is 11.5 Å². The minimum absolute atomic E-state index is 0.315. The molecule has 0 bridgehead atoms. The number of amides is 1. The van der Waals surface area contributed by atoms with Crippen LogP contribution in [0.25, 0.3) is 0 Å².